The van der Waals surface area contributed by atoms with Crippen molar-refractivity contribution >= 4 is 0 Å². The molecule has 0 aliphatic carbocycles. The van der Waals surface area contributed by atoms with Crippen LogP contribution in [-0.2, 0) is 5.92 Å². The lowest BCUT2D eigenvalue weighted by atomic mass is 9.94. The predicted octanol–water partition coefficient (Wildman–Crippen LogP) is 6.58. The van der Waals surface area contributed by atoms with E-state index in [0.717, 1.165) is 0 Å². The van der Waals surface area contributed by atoms with Gasteiger partial charge in [0, 0.05) is 11.3 Å². The molecule has 0 aliphatic heterocycles. The van der Waals surface area contributed by atoms with E-state index in [-0.39, 0.29) is 23.0 Å². The van der Waals surface area contributed by atoms with Gasteiger partial charge in [0.25, 0.3) is 0 Å². The van der Waals surface area contributed by atoms with E-state index in [2.05, 4.69) is 9.97 Å². The fraction of sp³-hybridized carbons (Fsp3) is 0.474. The Morgan fingerprint density at radius 1 is 0.857 bits per heavy atom. The summed E-state index contributed by atoms with van der Waals surface area (Å²) in [4.78, 5) is 7.52. The van der Waals surface area contributed by atoms with Crippen LogP contribution < -0.4 is 0 Å². The second kappa shape index (κ2) is 7.67. The fourth-order valence-corrected chi connectivity index (χ4v) is 2.76. The summed E-state index contributed by atoms with van der Waals surface area (Å²) >= 11 is 0. The monoisotopic (exact) mass is 408 g/mol. The maximum Gasteiger partial charge on any atom is 0.460 e. The number of rotatable bonds is 6. The minimum absolute atomic E-state index is 0.0183. The van der Waals surface area contributed by atoms with Crippen LogP contribution >= 0.6 is 0 Å². The van der Waals surface area contributed by atoms with Crippen molar-refractivity contribution in [1.29, 1.82) is 0 Å². The first-order chi connectivity index (χ1) is 12.8. The van der Waals surface area contributed by atoms with Crippen LogP contribution in [0.1, 0.15) is 44.5 Å². The molecule has 2 aromatic rings. The van der Waals surface area contributed by atoms with E-state index in [1.807, 2.05) is 13.8 Å². The van der Waals surface area contributed by atoms with Crippen LogP contribution in [0.2, 0.25) is 0 Å². The van der Waals surface area contributed by atoms with Gasteiger partial charge in [0.05, 0.1) is 0 Å². The van der Waals surface area contributed by atoms with Crippen molar-refractivity contribution in [3.05, 3.63) is 47.8 Å². The molecular weight excluding hydrogens is 389 g/mol. The van der Waals surface area contributed by atoms with Crippen molar-refractivity contribution < 1.29 is 30.7 Å². The van der Waals surface area contributed by atoms with E-state index in [1.165, 1.54) is 12.1 Å². The van der Waals surface area contributed by atoms with Crippen LogP contribution in [0.4, 0.5) is 30.7 Å². The molecule has 0 bridgehead atoms. The van der Waals surface area contributed by atoms with E-state index in [1.54, 1.807) is 25.1 Å². The van der Waals surface area contributed by atoms with Gasteiger partial charge >= 0.3 is 18.0 Å². The van der Waals surface area contributed by atoms with Crippen molar-refractivity contribution in [3.63, 3.8) is 0 Å². The second-order valence-electron chi connectivity index (χ2n) is 7.04. The highest BCUT2D eigenvalue weighted by Crippen LogP contribution is 2.51. The molecule has 0 amide bonds. The molecule has 2 nitrogen and oxygen atoms in total. The first kappa shape index (κ1) is 22.1. The molecular formula is C19H19F7N2. The molecule has 2 rings (SSSR count). The fourth-order valence-electron chi connectivity index (χ4n) is 2.76. The minimum atomic E-state index is -6.43. The van der Waals surface area contributed by atoms with Crippen molar-refractivity contribution in [3.8, 4) is 11.4 Å². The van der Waals surface area contributed by atoms with Crippen molar-refractivity contribution in [1.82, 2.24) is 9.97 Å². The second-order valence-corrected chi connectivity index (χ2v) is 7.04. The predicted molar refractivity (Wildman–Crippen MR) is 90.2 cm³/mol. The molecule has 0 spiro atoms. The van der Waals surface area contributed by atoms with Gasteiger partial charge in [-0.05, 0) is 24.3 Å². The van der Waals surface area contributed by atoms with Gasteiger partial charge in [-0.2, -0.15) is 30.7 Å². The molecule has 28 heavy (non-hydrogen) atoms. The molecule has 1 atom stereocenters. The number of hydrogen-bond donors (Lipinski definition) is 0. The van der Waals surface area contributed by atoms with Gasteiger partial charge in [0.1, 0.15) is 5.69 Å². The van der Waals surface area contributed by atoms with Crippen LogP contribution in [0.3, 0.4) is 0 Å². The first-order valence-corrected chi connectivity index (χ1v) is 8.54. The highest BCUT2D eigenvalue weighted by atomic mass is 19.4. The standard InChI is InChI=1S/C19H19F7N2/c1-11(2)9-12(3)14-10-15(17(20,21)18(22,23)19(24,25)26)28-16(27-14)13-7-5-4-6-8-13/h4-8,10-12H,9H2,1-3H3. The Hall–Kier alpha value is -2.19. The van der Waals surface area contributed by atoms with Crippen molar-refractivity contribution in [2.75, 3.05) is 0 Å². The average molecular weight is 408 g/mol. The van der Waals surface area contributed by atoms with Crippen LogP contribution in [0.25, 0.3) is 11.4 Å². The molecule has 0 saturated carbocycles. The topological polar surface area (TPSA) is 25.8 Å². The smallest absolute Gasteiger partial charge is 0.233 e. The van der Waals surface area contributed by atoms with Gasteiger partial charge in [0.2, 0.25) is 0 Å². The minimum Gasteiger partial charge on any atom is -0.233 e. The lowest BCUT2D eigenvalue weighted by Crippen LogP contribution is -2.50. The normalized spacial score (nSPS) is 14.4. The molecule has 0 fully saturated rings. The summed E-state index contributed by atoms with van der Waals surface area (Å²) in [7, 11) is 0. The van der Waals surface area contributed by atoms with Crippen molar-refractivity contribution in [2.24, 2.45) is 5.92 Å². The summed E-state index contributed by atoms with van der Waals surface area (Å²) in [6.45, 7) is 5.37. The Balaban J connectivity index is 2.66. The summed E-state index contributed by atoms with van der Waals surface area (Å²) in [5, 5.41) is 0. The average Bonchev–Trinajstić information content (AvgIpc) is 2.60. The molecule has 1 unspecified atom stereocenters. The molecule has 0 saturated heterocycles. The number of hydrogen-bond acceptors (Lipinski definition) is 2. The van der Waals surface area contributed by atoms with E-state index >= 15 is 0 Å². The van der Waals surface area contributed by atoms with Gasteiger partial charge in [-0.1, -0.05) is 51.1 Å². The zero-order chi connectivity index (χ0) is 21.3. The maximum absolute atomic E-state index is 14.3. The molecule has 1 aromatic carbocycles. The Morgan fingerprint density at radius 2 is 1.43 bits per heavy atom. The highest BCUT2D eigenvalue weighted by molar-refractivity contribution is 5.55. The van der Waals surface area contributed by atoms with E-state index < -0.39 is 29.6 Å². The Kier molecular flexibility index (Phi) is 6.06. The molecule has 1 aromatic heterocycles. The van der Waals surface area contributed by atoms with Gasteiger partial charge in [-0.3, -0.25) is 0 Å². The largest absolute Gasteiger partial charge is 0.460 e. The number of benzene rings is 1. The highest BCUT2D eigenvalue weighted by Gasteiger charge is 2.74. The summed E-state index contributed by atoms with van der Waals surface area (Å²) in [5.41, 5.74) is -1.45. The molecule has 0 aliphatic rings. The molecule has 1 heterocycles. The zero-order valence-electron chi connectivity index (χ0n) is 15.4. The SMILES string of the molecule is CC(C)CC(C)c1cc(C(F)(F)C(F)(F)C(F)(F)F)nc(-c2ccccc2)n1. The van der Waals surface area contributed by atoms with Gasteiger partial charge in [0.15, 0.2) is 5.82 Å². The third kappa shape index (κ3) is 4.28. The van der Waals surface area contributed by atoms with Crippen LogP contribution in [-0.4, -0.2) is 22.1 Å². The summed E-state index contributed by atoms with van der Waals surface area (Å²) in [6.07, 6.45) is -5.95. The summed E-state index contributed by atoms with van der Waals surface area (Å²) in [6, 6.07) is 8.17. The van der Waals surface area contributed by atoms with Crippen LogP contribution in [0.15, 0.2) is 36.4 Å². The Bertz CT molecular complexity index is 802. The van der Waals surface area contributed by atoms with Gasteiger partial charge in [-0.25, -0.2) is 9.97 Å². The van der Waals surface area contributed by atoms with E-state index in [4.69, 9.17) is 0 Å². The van der Waals surface area contributed by atoms with Gasteiger partial charge < -0.3 is 0 Å². The molecule has 154 valence electrons. The molecule has 0 N–H and O–H groups in total. The quantitative estimate of drug-likeness (QED) is 0.505. The maximum atomic E-state index is 14.3. The third-order valence-electron chi connectivity index (χ3n) is 4.18. The first-order valence-electron chi connectivity index (χ1n) is 8.54. The molecule has 9 heteroatoms. The summed E-state index contributed by atoms with van der Waals surface area (Å²) < 4.78 is 93.4. The number of halogens is 7. The zero-order valence-corrected chi connectivity index (χ0v) is 15.4. The lowest BCUT2D eigenvalue weighted by Gasteiger charge is -2.28. The Labute approximate surface area is 157 Å². The third-order valence-corrected chi connectivity index (χ3v) is 4.18. The van der Waals surface area contributed by atoms with Crippen molar-refractivity contribution in [2.45, 2.75) is 51.1 Å². The van der Waals surface area contributed by atoms with Crippen LogP contribution in [0.5, 0.6) is 0 Å². The summed E-state index contributed by atoms with van der Waals surface area (Å²) in [5.74, 6) is -12.5. The number of nitrogens with zero attached hydrogens (tertiary/aromatic N) is 2. The van der Waals surface area contributed by atoms with E-state index in [9.17, 15) is 30.7 Å². The molecule has 0 radical (unpaired) electrons. The Morgan fingerprint density at radius 3 is 1.93 bits per heavy atom. The number of aromatic nitrogens is 2. The lowest BCUT2D eigenvalue weighted by molar-refractivity contribution is -0.360. The van der Waals surface area contributed by atoms with Gasteiger partial charge in [-0.15, -0.1) is 0 Å². The van der Waals surface area contributed by atoms with Crippen LogP contribution in [0, 0.1) is 5.92 Å². The number of alkyl halides is 7. The van der Waals surface area contributed by atoms with E-state index in [0.29, 0.717) is 12.5 Å².